The Kier molecular flexibility index (Phi) is 7.21. The summed E-state index contributed by atoms with van der Waals surface area (Å²) in [7, 11) is -3.34. The van der Waals surface area contributed by atoms with Gasteiger partial charge in [-0.2, -0.15) is 0 Å². The molecule has 0 heterocycles. The van der Waals surface area contributed by atoms with Gasteiger partial charge in [-0.25, -0.2) is 13.2 Å². The molecular weight excluding hydrogens is 350 g/mol. The zero-order valence-corrected chi connectivity index (χ0v) is 16.0. The first-order valence-electron chi connectivity index (χ1n) is 8.78. The average Bonchev–Trinajstić information content (AvgIpc) is 2.67. The lowest BCUT2D eigenvalue weighted by Gasteiger charge is -2.20. The first kappa shape index (κ1) is 20.0. The Labute approximate surface area is 155 Å². The highest BCUT2D eigenvalue weighted by Crippen LogP contribution is 2.16. The molecule has 26 heavy (non-hydrogen) atoms. The summed E-state index contributed by atoms with van der Waals surface area (Å²) >= 11 is 0. The van der Waals surface area contributed by atoms with Gasteiger partial charge in [0.2, 0.25) is 0 Å². The summed E-state index contributed by atoms with van der Waals surface area (Å²) in [5.74, 6) is -0.487. The first-order valence-corrected chi connectivity index (χ1v) is 10.4. The second-order valence-corrected chi connectivity index (χ2v) is 7.95. The van der Waals surface area contributed by atoms with Crippen LogP contribution in [0.2, 0.25) is 0 Å². The van der Waals surface area contributed by atoms with Gasteiger partial charge in [-0.15, -0.1) is 0 Å². The van der Waals surface area contributed by atoms with Crippen LogP contribution in [0.15, 0.2) is 59.5 Å². The van der Waals surface area contributed by atoms with Crippen LogP contribution >= 0.6 is 0 Å². The Bertz CT molecular complexity index is 797. The Morgan fingerprint density at radius 1 is 0.962 bits per heavy atom. The third-order valence-electron chi connectivity index (χ3n) is 4.12. The van der Waals surface area contributed by atoms with Crippen LogP contribution in [0.1, 0.15) is 30.6 Å². The highest BCUT2D eigenvalue weighted by atomic mass is 32.2. The maximum atomic E-state index is 12.2. The Morgan fingerprint density at radius 2 is 1.58 bits per heavy atom. The highest BCUT2D eigenvalue weighted by Gasteiger charge is 2.14. The molecule has 0 aliphatic heterocycles. The van der Waals surface area contributed by atoms with E-state index in [1.807, 2.05) is 12.1 Å². The molecule has 0 saturated carbocycles. The van der Waals surface area contributed by atoms with Crippen molar-refractivity contribution in [3.8, 4) is 0 Å². The van der Waals surface area contributed by atoms with Crippen molar-refractivity contribution in [3.05, 3.63) is 60.2 Å². The van der Waals surface area contributed by atoms with E-state index in [2.05, 4.69) is 18.7 Å². The molecule has 0 radical (unpaired) electrons. The number of carbonyl (C=O) groups is 1. The normalized spacial score (nSPS) is 11.2. The number of esters is 1. The molecule has 0 aliphatic rings. The van der Waals surface area contributed by atoms with E-state index >= 15 is 0 Å². The first-order chi connectivity index (χ1) is 12.5. The molecule has 0 saturated heterocycles. The second kappa shape index (κ2) is 9.38. The van der Waals surface area contributed by atoms with Gasteiger partial charge in [0.1, 0.15) is 0 Å². The summed E-state index contributed by atoms with van der Waals surface area (Å²) in [5.41, 5.74) is 1.52. The lowest BCUT2D eigenvalue weighted by Crippen LogP contribution is -2.21. The van der Waals surface area contributed by atoms with Crippen LogP contribution in [0.4, 0.5) is 5.69 Å². The number of carbonyl (C=O) groups excluding carboxylic acids is 1. The molecule has 0 atom stereocenters. The Balaban J connectivity index is 1.83. The molecule has 140 valence electrons. The van der Waals surface area contributed by atoms with Crippen molar-refractivity contribution >= 4 is 21.5 Å². The van der Waals surface area contributed by atoms with Crippen molar-refractivity contribution in [2.75, 3.05) is 30.3 Å². The number of sulfone groups is 1. The van der Waals surface area contributed by atoms with Crippen LogP contribution in [-0.2, 0) is 14.6 Å². The van der Waals surface area contributed by atoms with Crippen LogP contribution in [0, 0.1) is 0 Å². The molecule has 0 aromatic heterocycles. The van der Waals surface area contributed by atoms with E-state index in [1.54, 1.807) is 42.5 Å². The van der Waals surface area contributed by atoms with Gasteiger partial charge >= 0.3 is 5.97 Å². The topological polar surface area (TPSA) is 63.7 Å². The maximum Gasteiger partial charge on any atom is 0.338 e. The molecule has 0 spiro atoms. The van der Waals surface area contributed by atoms with E-state index in [1.165, 1.54) is 0 Å². The van der Waals surface area contributed by atoms with Gasteiger partial charge in [0.15, 0.2) is 9.84 Å². The number of benzene rings is 2. The number of hydrogen-bond acceptors (Lipinski definition) is 5. The summed E-state index contributed by atoms with van der Waals surface area (Å²) in [4.78, 5) is 14.5. The summed E-state index contributed by atoms with van der Waals surface area (Å²) in [6.45, 7) is 6.03. The molecule has 2 aromatic rings. The van der Waals surface area contributed by atoms with Crippen molar-refractivity contribution in [2.24, 2.45) is 0 Å². The van der Waals surface area contributed by atoms with Crippen molar-refractivity contribution in [2.45, 2.75) is 25.2 Å². The van der Waals surface area contributed by atoms with Crippen molar-refractivity contribution in [1.82, 2.24) is 0 Å². The van der Waals surface area contributed by atoms with Crippen LogP contribution in [0.25, 0.3) is 0 Å². The van der Waals surface area contributed by atoms with E-state index in [4.69, 9.17) is 4.74 Å². The van der Waals surface area contributed by atoms with Crippen LogP contribution < -0.4 is 4.90 Å². The van der Waals surface area contributed by atoms with Crippen LogP contribution in [0.5, 0.6) is 0 Å². The molecule has 0 N–H and O–H groups in total. The molecule has 0 unspecified atom stereocenters. The molecule has 5 nitrogen and oxygen atoms in total. The summed E-state index contributed by atoms with van der Waals surface area (Å²) < 4.78 is 29.5. The molecule has 2 rings (SSSR count). The minimum absolute atomic E-state index is 0.0504. The van der Waals surface area contributed by atoms with Gasteiger partial charge < -0.3 is 9.64 Å². The molecule has 0 bridgehead atoms. The maximum absolute atomic E-state index is 12.2. The van der Waals surface area contributed by atoms with Gasteiger partial charge in [-0.3, -0.25) is 0 Å². The third kappa shape index (κ3) is 5.33. The Morgan fingerprint density at radius 3 is 2.15 bits per heavy atom. The smallest absolute Gasteiger partial charge is 0.338 e. The molecular formula is C20H25NO4S. The minimum atomic E-state index is -3.34. The monoisotopic (exact) mass is 375 g/mol. The number of nitrogens with zero attached hydrogens (tertiary/aromatic N) is 1. The standard InChI is InChI=1S/C20H25NO4S/c1-3-21(4-2)18-13-11-17(12-14-18)20(22)25-15-8-16-26(23,24)19-9-6-5-7-10-19/h5-7,9-14H,3-4,8,15-16H2,1-2H3. The fourth-order valence-corrected chi connectivity index (χ4v) is 3.95. The zero-order chi connectivity index (χ0) is 19.0. The SMILES string of the molecule is CCN(CC)c1ccc(C(=O)OCCCS(=O)(=O)c2ccccc2)cc1. The van der Waals surface area contributed by atoms with Gasteiger partial charge in [-0.05, 0) is 56.7 Å². The number of ether oxygens (including phenoxy) is 1. The predicted octanol–water partition coefficient (Wildman–Crippen LogP) is 3.55. The molecule has 0 aliphatic carbocycles. The largest absolute Gasteiger partial charge is 0.462 e. The second-order valence-electron chi connectivity index (χ2n) is 5.84. The summed E-state index contributed by atoms with van der Waals surface area (Å²) in [6, 6.07) is 15.5. The lowest BCUT2D eigenvalue weighted by molar-refractivity contribution is 0.0505. The molecule has 2 aromatic carbocycles. The fourth-order valence-electron chi connectivity index (χ4n) is 2.64. The Hall–Kier alpha value is -2.34. The van der Waals surface area contributed by atoms with Gasteiger partial charge in [0.25, 0.3) is 0 Å². The summed E-state index contributed by atoms with van der Waals surface area (Å²) in [6.07, 6.45) is 0.264. The van der Waals surface area contributed by atoms with Crippen LogP contribution in [-0.4, -0.2) is 39.8 Å². The van der Waals surface area contributed by atoms with E-state index in [0.29, 0.717) is 10.5 Å². The number of anilines is 1. The lowest BCUT2D eigenvalue weighted by atomic mass is 10.2. The summed E-state index contributed by atoms with van der Waals surface area (Å²) in [5, 5.41) is 0. The van der Waals surface area contributed by atoms with Crippen LogP contribution in [0.3, 0.4) is 0 Å². The van der Waals surface area contributed by atoms with Crippen molar-refractivity contribution < 1.29 is 17.9 Å². The average molecular weight is 375 g/mol. The fraction of sp³-hybridized carbons (Fsp3) is 0.350. The van der Waals surface area contributed by atoms with Gasteiger partial charge in [-0.1, -0.05) is 18.2 Å². The van der Waals surface area contributed by atoms with E-state index in [9.17, 15) is 13.2 Å². The number of rotatable bonds is 9. The minimum Gasteiger partial charge on any atom is -0.462 e. The van der Waals surface area contributed by atoms with E-state index < -0.39 is 15.8 Å². The van der Waals surface area contributed by atoms with Crippen molar-refractivity contribution in [3.63, 3.8) is 0 Å². The zero-order valence-electron chi connectivity index (χ0n) is 15.2. The van der Waals surface area contributed by atoms with Crippen molar-refractivity contribution in [1.29, 1.82) is 0 Å². The molecule has 6 heteroatoms. The van der Waals surface area contributed by atoms with Gasteiger partial charge in [0, 0.05) is 18.8 Å². The third-order valence-corrected chi connectivity index (χ3v) is 5.94. The van der Waals surface area contributed by atoms with Gasteiger partial charge in [0.05, 0.1) is 22.8 Å². The quantitative estimate of drug-likeness (QED) is 0.495. The molecule has 0 fully saturated rings. The highest BCUT2D eigenvalue weighted by molar-refractivity contribution is 7.91. The number of hydrogen-bond donors (Lipinski definition) is 0. The van der Waals surface area contributed by atoms with E-state index in [-0.39, 0.29) is 18.8 Å². The molecule has 0 amide bonds. The predicted molar refractivity (Wildman–Crippen MR) is 103 cm³/mol. The van der Waals surface area contributed by atoms with E-state index in [0.717, 1.165) is 18.8 Å².